The van der Waals surface area contributed by atoms with E-state index in [9.17, 15) is 0 Å². The molecule has 0 amide bonds. The molecule has 4 aromatic heterocycles. The number of pyridine rings is 2. The molecule has 2 N–H and O–H groups in total. The molecule has 0 saturated carbocycles. The Morgan fingerprint density at radius 3 is 2.85 bits per heavy atom. The molecule has 5 rings (SSSR count). The van der Waals surface area contributed by atoms with Crippen LogP contribution in [0.4, 0.5) is 5.82 Å². The molecule has 0 spiro atoms. The number of H-pyrrole nitrogens is 1. The molecule has 6 nitrogen and oxygen atoms in total. The topological polar surface area (TPSA) is 79.4 Å². The van der Waals surface area contributed by atoms with E-state index >= 15 is 0 Å². The number of aromatic nitrogens is 5. The summed E-state index contributed by atoms with van der Waals surface area (Å²) >= 11 is 0. The minimum atomic E-state index is 0.545. The van der Waals surface area contributed by atoms with Gasteiger partial charge in [-0.15, -0.1) is 0 Å². The second kappa shape index (κ2) is 9.50. The standard InChI is InChI=1S/C28H24N6/c1-3-5-9-19(4-2)23-11-8-12-24-25(23)28(32-18-22-10-6-7-14-29-22)34-27(33-24)21-16-20-13-15-30-26(20)31-17-21/h3-17H,1,18H2,2H3,(H,30,31)(H,32,33,34)/b9-5-,19-4+. The van der Waals surface area contributed by atoms with Gasteiger partial charge >= 0.3 is 0 Å². The van der Waals surface area contributed by atoms with Gasteiger partial charge in [0, 0.05) is 29.5 Å². The van der Waals surface area contributed by atoms with Gasteiger partial charge < -0.3 is 10.3 Å². The number of benzene rings is 1. The van der Waals surface area contributed by atoms with Gasteiger partial charge in [0.05, 0.1) is 23.1 Å². The van der Waals surface area contributed by atoms with Gasteiger partial charge in [-0.3, -0.25) is 4.98 Å². The first-order valence-corrected chi connectivity index (χ1v) is 11.1. The molecule has 0 radical (unpaired) electrons. The number of rotatable bonds is 7. The zero-order valence-corrected chi connectivity index (χ0v) is 18.9. The van der Waals surface area contributed by atoms with Crippen molar-refractivity contribution < 1.29 is 0 Å². The summed E-state index contributed by atoms with van der Waals surface area (Å²) < 4.78 is 0. The first-order chi connectivity index (χ1) is 16.8. The third kappa shape index (κ3) is 4.21. The second-order valence-corrected chi connectivity index (χ2v) is 7.75. The van der Waals surface area contributed by atoms with Gasteiger partial charge in [-0.1, -0.05) is 49.1 Å². The number of allylic oxidation sites excluding steroid dienone is 5. The monoisotopic (exact) mass is 444 g/mol. The average molecular weight is 445 g/mol. The lowest BCUT2D eigenvalue weighted by molar-refractivity contribution is 1.03. The number of anilines is 1. The summed E-state index contributed by atoms with van der Waals surface area (Å²) in [6, 6.07) is 16.1. The Kier molecular flexibility index (Phi) is 5.95. The molecule has 5 aromatic rings. The van der Waals surface area contributed by atoms with Gasteiger partial charge in [0.1, 0.15) is 11.5 Å². The quantitative estimate of drug-likeness (QED) is 0.287. The largest absolute Gasteiger partial charge is 0.364 e. The molecule has 0 saturated heterocycles. The van der Waals surface area contributed by atoms with Gasteiger partial charge in [-0.2, -0.15) is 0 Å². The lowest BCUT2D eigenvalue weighted by atomic mass is 9.99. The van der Waals surface area contributed by atoms with Crippen molar-refractivity contribution in [3.05, 3.63) is 109 Å². The number of hydrogen-bond acceptors (Lipinski definition) is 5. The molecule has 0 atom stereocenters. The van der Waals surface area contributed by atoms with Gasteiger partial charge in [-0.25, -0.2) is 15.0 Å². The number of aromatic amines is 1. The first kappa shape index (κ1) is 21.3. The molecule has 34 heavy (non-hydrogen) atoms. The lowest BCUT2D eigenvalue weighted by Crippen LogP contribution is -2.06. The van der Waals surface area contributed by atoms with Crippen LogP contribution in [0.3, 0.4) is 0 Å². The van der Waals surface area contributed by atoms with E-state index in [1.807, 2.05) is 61.7 Å². The van der Waals surface area contributed by atoms with Gasteiger partial charge in [0.25, 0.3) is 0 Å². The second-order valence-electron chi connectivity index (χ2n) is 7.75. The highest BCUT2D eigenvalue weighted by atomic mass is 15.0. The molecule has 166 valence electrons. The zero-order chi connectivity index (χ0) is 23.3. The third-order valence-corrected chi connectivity index (χ3v) is 5.58. The third-order valence-electron chi connectivity index (χ3n) is 5.58. The van der Waals surface area contributed by atoms with Crippen LogP contribution in [0, 0.1) is 0 Å². The molecule has 1 aromatic carbocycles. The fraction of sp³-hybridized carbons (Fsp3) is 0.0714. The molecular formula is C28H24N6. The Morgan fingerprint density at radius 2 is 2.03 bits per heavy atom. The molecule has 0 bridgehead atoms. The van der Waals surface area contributed by atoms with E-state index in [2.05, 4.69) is 45.1 Å². The number of fused-ring (bicyclic) bond motifs is 2. The van der Waals surface area contributed by atoms with Gasteiger partial charge in [-0.05, 0) is 48.4 Å². The SMILES string of the molecule is C=C/C=C\C(=C/C)c1cccc2nc(-c3cnc4[nH]ccc4c3)nc(NCc3ccccn3)c12. The van der Waals surface area contributed by atoms with Crippen molar-refractivity contribution in [1.29, 1.82) is 0 Å². The van der Waals surface area contributed by atoms with E-state index in [1.54, 1.807) is 18.5 Å². The molecule has 0 fully saturated rings. The molecule has 4 heterocycles. The summed E-state index contributed by atoms with van der Waals surface area (Å²) in [6.45, 7) is 6.37. The Balaban J connectivity index is 1.68. The van der Waals surface area contributed by atoms with Crippen LogP contribution in [-0.4, -0.2) is 24.9 Å². The molecule has 6 heteroatoms. The van der Waals surface area contributed by atoms with Crippen LogP contribution in [0.25, 0.3) is 38.9 Å². The van der Waals surface area contributed by atoms with Gasteiger partial charge in [0.2, 0.25) is 0 Å². The number of nitrogens with zero attached hydrogens (tertiary/aromatic N) is 4. The van der Waals surface area contributed by atoms with E-state index in [0.29, 0.717) is 12.4 Å². The highest BCUT2D eigenvalue weighted by molar-refractivity contribution is 6.01. The fourth-order valence-corrected chi connectivity index (χ4v) is 3.93. The maximum Gasteiger partial charge on any atom is 0.163 e. The fourth-order valence-electron chi connectivity index (χ4n) is 3.93. The molecule has 0 aliphatic rings. The van der Waals surface area contributed by atoms with Crippen LogP contribution < -0.4 is 5.32 Å². The summed E-state index contributed by atoms with van der Waals surface area (Å²) in [4.78, 5) is 22.0. The zero-order valence-electron chi connectivity index (χ0n) is 18.9. The van der Waals surface area contributed by atoms with Crippen LogP contribution in [0.1, 0.15) is 18.2 Å². The van der Waals surface area contributed by atoms with Crippen molar-refractivity contribution in [1.82, 2.24) is 24.9 Å². The summed E-state index contributed by atoms with van der Waals surface area (Å²) in [5, 5.41) is 5.49. The number of hydrogen-bond donors (Lipinski definition) is 2. The molecule has 0 unspecified atom stereocenters. The summed E-state index contributed by atoms with van der Waals surface area (Å²) in [5.74, 6) is 1.37. The van der Waals surface area contributed by atoms with Crippen molar-refractivity contribution in [3.63, 3.8) is 0 Å². The van der Waals surface area contributed by atoms with Crippen LogP contribution in [-0.2, 0) is 6.54 Å². The van der Waals surface area contributed by atoms with Crippen molar-refractivity contribution in [2.75, 3.05) is 5.32 Å². The van der Waals surface area contributed by atoms with E-state index in [4.69, 9.17) is 9.97 Å². The molecule has 0 aliphatic carbocycles. The normalized spacial score (nSPS) is 12.0. The maximum absolute atomic E-state index is 4.96. The van der Waals surface area contributed by atoms with Crippen LogP contribution in [0.2, 0.25) is 0 Å². The van der Waals surface area contributed by atoms with Gasteiger partial charge in [0.15, 0.2) is 5.82 Å². The summed E-state index contributed by atoms with van der Waals surface area (Å²) in [6.07, 6.45) is 13.3. The summed E-state index contributed by atoms with van der Waals surface area (Å²) in [5.41, 5.74) is 5.60. The van der Waals surface area contributed by atoms with E-state index in [-0.39, 0.29) is 0 Å². The van der Waals surface area contributed by atoms with Crippen LogP contribution >= 0.6 is 0 Å². The average Bonchev–Trinajstić information content (AvgIpc) is 3.36. The first-order valence-electron chi connectivity index (χ1n) is 11.1. The molecular weight excluding hydrogens is 420 g/mol. The minimum absolute atomic E-state index is 0.545. The van der Waals surface area contributed by atoms with E-state index in [0.717, 1.165) is 50.1 Å². The van der Waals surface area contributed by atoms with Crippen LogP contribution in [0.15, 0.2) is 98.0 Å². The smallest absolute Gasteiger partial charge is 0.163 e. The molecule has 0 aliphatic heterocycles. The van der Waals surface area contributed by atoms with Crippen LogP contribution in [0.5, 0.6) is 0 Å². The number of nitrogens with one attached hydrogen (secondary N) is 2. The van der Waals surface area contributed by atoms with Crippen molar-refractivity contribution in [3.8, 4) is 11.4 Å². The maximum atomic E-state index is 4.96. The lowest BCUT2D eigenvalue weighted by Gasteiger charge is -2.15. The Morgan fingerprint density at radius 1 is 1.09 bits per heavy atom. The predicted octanol–water partition coefficient (Wildman–Crippen LogP) is 6.33. The van der Waals surface area contributed by atoms with E-state index < -0.39 is 0 Å². The minimum Gasteiger partial charge on any atom is -0.364 e. The van der Waals surface area contributed by atoms with Crippen molar-refractivity contribution >= 4 is 33.3 Å². The van der Waals surface area contributed by atoms with Crippen molar-refractivity contribution in [2.45, 2.75) is 13.5 Å². The Hall–Kier alpha value is -4.58. The highest BCUT2D eigenvalue weighted by Crippen LogP contribution is 2.33. The van der Waals surface area contributed by atoms with Crippen molar-refractivity contribution in [2.24, 2.45) is 0 Å². The Labute approximate surface area is 197 Å². The van der Waals surface area contributed by atoms with E-state index in [1.165, 1.54) is 0 Å². The predicted molar refractivity (Wildman–Crippen MR) is 139 cm³/mol. The Bertz CT molecular complexity index is 1530. The highest BCUT2D eigenvalue weighted by Gasteiger charge is 2.15. The summed E-state index contributed by atoms with van der Waals surface area (Å²) in [7, 11) is 0.